The first kappa shape index (κ1) is 22.6. The number of Topliss-reactive ketones (excluding diaryl/α,β-unsaturated/α-hetero) is 1. The minimum Gasteiger partial charge on any atom is -0.454 e. The number of nitrogens with two attached hydrogens (primary N) is 1. The summed E-state index contributed by atoms with van der Waals surface area (Å²) in [7, 11) is 0. The summed E-state index contributed by atoms with van der Waals surface area (Å²) in [6.45, 7) is 8.08. The predicted octanol–water partition coefficient (Wildman–Crippen LogP) is -0.172. The molecular weight excluding hydrogens is 402 g/mol. The van der Waals surface area contributed by atoms with Crippen molar-refractivity contribution >= 4 is 11.8 Å². The summed E-state index contributed by atoms with van der Waals surface area (Å²) in [5.74, 6) is -4.11. The Morgan fingerprint density at radius 1 is 1.32 bits per heavy atom. The van der Waals surface area contributed by atoms with E-state index in [2.05, 4.69) is 0 Å². The van der Waals surface area contributed by atoms with E-state index in [1.807, 2.05) is 13.8 Å². The molecule has 4 rings (SSSR count). The molecule has 0 aromatic heterocycles. The minimum atomic E-state index is -1.91. The summed E-state index contributed by atoms with van der Waals surface area (Å²) in [6, 6.07) is -0.879. The molecule has 8 heteroatoms. The number of esters is 1. The molecule has 0 saturated heterocycles. The van der Waals surface area contributed by atoms with Crippen LogP contribution in [0.3, 0.4) is 0 Å². The maximum absolute atomic E-state index is 12.9. The van der Waals surface area contributed by atoms with Gasteiger partial charge in [0.05, 0.1) is 18.3 Å². The van der Waals surface area contributed by atoms with Crippen LogP contribution in [0, 0.1) is 29.1 Å². The summed E-state index contributed by atoms with van der Waals surface area (Å²) < 4.78 is 5.83. The maximum Gasteiger partial charge on any atom is 0.323 e. The van der Waals surface area contributed by atoms with E-state index in [-0.39, 0.29) is 13.0 Å². The van der Waals surface area contributed by atoms with Crippen LogP contribution >= 0.6 is 0 Å². The molecule has 4 aliphatic rings. The molecule has 8 nitrogen and oxygen atoms in total. The SMILES string of the molecule is CC1=C[C@H]2[C@@]3(O)[C@H](C)[C@@H](O)[C@]4(OC(=O)[C@H](C)N)[C@@H]([C@@H]3C=C(CO)C[C@@]2(O)C1=O)C4(C)C. The van der Waals surface area contributed by atoms with Crippen LogP contribution in [0.25, 0.3) is 0 Å². The van der Waals surface area contributed by atoms with Crippen molar-refractivity contribution < 1.29 is 34.8 Å². The molecule has 31 heavy (non-hydrogen) atoms. The largest absolute Gasteiger partial charge is 0.454 e. The number of rotatable bonds is 3. The zero-order chi connectivity index (χ0) is 23.3. The fourth-order valence-corrected chi connectivity index (χ4v) is 6.93. The molecule has 2 fully saturated rings. The van der Waals surface area contributed by atoms with Crippen molar-refractivity contribution in [3.05, 3.63) is 23.3 Å². The summed E-state index contributed by atoms with van der Waals surface area (Å²) in [4.78, 5) is 25.4. The lowest BCUT2D eigenvalue weighted by Crippen LogP contribution is -2.65. The second-order valence-electron chi connectivity index (χ2n) is 10.6. The number of carbonyl (C=O) groups is 2. The fourth-order valence-electron chi connectivity index (χ4n) is 6.93. The van der Waals surface area contributed by atoms with Gasteiger partial charge in [0.1, 0.15) is 17.2 Å². The van der Waals surface area contributed by atoms with Crippen LogP contribution in [-0.4, -0.2) is 67.7 Å². The number of aliphatic hydroxyl groups excluding tert-OH is 2. The van der Waals surface area contributed by atoms with Crippen LogP contribution in [0.2, 0.25) is 0 Å². The number of ether oxygens (including phenoxy) is 1. The molecule has 172 valence electrons. The summed E-state index contributed by atoms with van der Waals surface area (Å²) in [5.41, 5.74) is 0.917. The zero-order valence-corrected chi connectivity index (χ0v) is 18.6. The average Bonchev–Trinajstić information content (AvgIpc) is 3.13. The van der Waals surface area contributed by atoms with Gasteiger partial charge >= 0.3 is 5.97 Å². The van der Waals surface area contributed by atoms with Crippen molar-refractivity contribution in [2.45, 2.75) is 70.0 Å². The first-order valence-corrected chi connectivity index (χ1v) is 10.9. The molecule has 9 atom stereocenters. The third kappa shape index (κ3) is 2.48. The molecule has 0 bridgehead atoms. The standard InChI is InChI=1S/C23H33NO7/c1-10-6-15-21(29,17(10)26)8-13(9-25)7-14-16-20(4,5)23(16,31-19(28)12(3)24)18(27)11(2)22(14,15)30/h6-7,11-12,14-16,18,25,27,29-30H,8-9,24H2,1-5H3/t11-,12+,14+,15-,16+,18-,21+,22-,23-/m1/s1. The van der Waals surface area contributed by atoms with Gasteiger partial charge < -0.3 is 30.9 Å². The van der Waals surface area contributed by atoms with Gasteiger partial charge in [-0.15, -0.1) is 0 Å². The number of carbonyl (C=O) groups excluding carboxylic acids is 2. The molecule has 0 unspecified atom stereocenters. The first-order chi connectivity index (χ1) is 14.2. The smallest absolute Gasteiger partial charge is 0.323 e. The Hall–Kier alpha value is -1.58. The Morgan fingerprint density at radius 3 is 2.48 bits per heavy atom. The van der Waals surface area contributed by atoms with E-state index in [0.29, 0.717) is 11.1 Å². The van der Waals surface area contributed by atoms with Gasteiger partial charge in [-0.2, -0.15) is 0 Å². The molecule has 0 radical (unpaired) electrons. The van der Waals surface area contributed by atoms with Crippen molar-refractivity contribution in [2.75, 3.05) is 6.61 Å². The topological polar surface area (TPSA) is 150 Å². The fraction of sp³-hybridized carbons (Fsp3) is 0.739. The molecule has 6 N–H and O–H groups in total. The van der Waals surface area contributed by atoms with Gasteiger partial charge in [0.15, 0.2) is 5.78 Å². The van der Waals surface area contributed by atoms with Crippen molar-refractivity contribution in [2.24, 2.45) is 34.8 Å². The zero-order valence-electron chi connectivity index (χ0n) is 18.6. The molecule has 2 saturated carbocycles. The van der Waals surface area contributed by atoms with Crippen LogP contribution < -0.4 is 5.73 Å². The van der Waals surface area contributed by atoms with Gasteiger partial charge in [0.25, 0.3) is 0 Å². The second-order valence-corrected chi connectivity index (χ2v) is 10.6. The lowest BCUT2D eigenvalue weighted by Gasteiger charge is -2.52. The van der Waals surface area contributed by atoms with Gasteiger partial charge in [-0.3, -0.25) is 9.59 Å². The van der Waals surface area contributed by atoms with Crippen LogP contribution in [0.15, 0.2) is 23.3 Å². The van der Waals surface area contributed by atoms with E-state index in [0.717, 1.165) is 0 Å². The third-order valence-electron chi connectivity index (χ3n) is 8.64. The molecular formula is C23H33NO7. The molecule has 0 amide bonds. The second kappa shape index (κ2) is 6.48. The van der Waals surface area contributed by atoms with E-state index in [1.165, 1.54) is 6.92 Å². The number of ketones is 1. The Labute approximate surface area is 181 Å². The lowest BCUT2D eigenvalue weighted by molar-refractivity contribution is -0.220. The van der Waals surface area contributed by atoms with E-state index in [9.17, 15) is 30.0 Å². The van der Waals surface area contributed by atoms with Crippen molar-refractivity contribution in [1.29, 1.82) is 0 Å². The van der Waals surface area contributed by atoms with Gasteiger partial charge in [0, 0.05) is 35.5 Å². The summed E-state index contributed by atoms with van der Waals surface area (Å²) in [6.07, 6.45) is 1.95. The van der Waals surface area contributed by atoms with Crippen molar-refractivity contribution in [3.8, 4) is 0 Å². The quantitative estimate of drug-likeness (QED) is 0.303. The Balaban J connectivity index is 1.90. The predicted molar refractivity (Wildman–Crippen MR) is 110 cm³/mol. The highest BCUT2D eigenvalue weighted by atomic mass is 16.6. The normalized spacial score (nSPS) is 48.5. The number of aliphatic hydroxyl groups is 4. The number of hydrogen-bond donors (Lipinski definition) is 5. The van der Waals surface area contributed by atoms with E-state index >= 15 is 0 Å². The summed E-state index contributed by atoms with van der Waals surface area (Å²) in [5, 5.41) is 45.0. The Kier molecular flexibility index (Phi) is 4.73. The van der Waals surface area contributed by atoms with E-state index < -0.39 is 69.8 Å². The van der Waals surface area contributed by atoms with Crippen molar-refractivity contribution in [3.63, 3.8) is 0 Å². The molecule has 0 aromatic carbocycles. The van der Waals surface area contributed by atoms with Gasteiger partial charge in [-0.1, -0.05) is 32.9 Å². The molecule has 4 aliphatic carbocycles. The van der Waals surface area contributed by atoms with Crippen LogP contribution in [0.1, 0.15) is 41.0 Å². The number of hydrogen-bond acceptors (Lipinski definition) is 8. The lowest BCUT2D eigenvalue weighted by atomic mass is 9.59. The summed E-state index contributed by atoms with van der Waals surface area (Å²) >= 11 is 0. The molecule has 0 spiro atoms. The highest BCUT2D eigenvalue weighted by Gasteiger charge is 2.86. The van der Waals surface area contributed by atoms with Crippen LogP contribution in [0.5, 0.6) is 0 Å². The molecule has 0 heterocycles. The highest BCUT2D eigenvalue weighted by molar-refractivity contribution is 6.04. The Bertz CT molecular complexity index is 908. The third-order valence-corrected chi connectivity index (χ3v) is 8.64. The average molecular weight is 436 g/mol. The van der Waals surface area contributed by atoms with Gasteiger partial charge in [0.2, 0.25) is 0 Å². The van der Waals surface area contributed by atoms with E-state index in [1.54, 1.807) is 26.0 Å². The molecule has 0 aromatic rings. The highest BCUT2D eigenvalue weighted by Crippen LogP contribution is 2.76. The minimum absolute atomic E-state index is 0.109. The first-order valence-electron chi connectivity index (χ1n) is 10.9. The van der Waals surface area contributed by atoms with Crippen LogP contribution in [0.4, 0.5) is 0 Å². The molecule has 0 aliphatic heterocycles. The van der Waals surface area contributed by atoms with Crippen molar-refractivity contribution in [1.82, 2.24) is 0 Å². The monoisotopic (exact) mass is 435 g/mol. The maximum atomic E-state index is 12.9. The Morgan fingerprint density at radius 2 is 1.94 bits per heavy atom. The van der Waals surface area contributed by atoms with E-state index in [4.69, 9.17) is 10.5 Å². The van der Waals surface area contributed by atoms with Crippen LogP contribution in [-0.2, 0) is 14.3 Å². The van der Waals surface area contributed by atoms with Gasteiger partial charge in [-0.25, -0.2) is 0 Å². The number of fused-ring (bicyclic) bond motifs is 5. The van der Waals surface area contributed by atoms with Gasteiger partial charge in [-0.05, 0) is 25.0 Å².